The first-order valence-corrected chi connectivity index (χ1v) is 4.65. The minimum absolute atomic E-state index is 0.00472. The van der Waals surface area contributed by atoms with Crippen molar-refractivity contribution in [3.63, 3.8) is 0 Å². The van der Waals surface area contributed by atoms with E-state index in [1.165, 1.54) is 0 Å². The van der Waals surface area contributed by atoms with E-state index in [4.69, 9.17) is 4.74 Å². The quantitative estimate of drug-likeness (QED) is 0.711. The van der Waals surface area contributed by atoms with Crippen molar-refractivity contribution in [2.24, 2.45) is 0 Å². The summed E-state index contributed by atoms with van der Waals surface area (Å²) in [5, 5.41) is 0. The first-order valence-electron chi connectivity index (χ1n) is 4.65. The van der Waals surface area contributed by atoms with Crippen LogP contribution in [0.2, 0.25) is 0 Å². The fourth-order valence-corrected chi connectivity index (χ4v) is 1.71. The number of hydrogen-bond donors (Lipinski definition) is 0. The lowest BCUT2D eigenvalue weighted by molar-refractivity contribution is -0.115. The molecule has 2 rings (SSSR count). The van der Waals surface area contributed by atoms with Crippen LogP contribution >= 0.6 is 0 Å². The van der Waals surface area contributed by atoms with Gasteiger partial charge in [0.05, 0.1) is 13.0 Å². The van der Waals surface area contributed by atoms with E-state index < -0.39 is 0 Å². The van der Waals surface area contributed by atoms with Crippen LogP contribution < -0.4 is 4.74 Å². The fourth-order valence-electron chi connectivity index (χ4n) is 1.71. The first-order chi connectivity index (χ1) is 6.81. The average molecular weight is 188 g/mol. The number of hydrogen-bond acceptors (Lipinski definition) is 2. The molecule has 1 unspecified atom stereocenters. The Morgan fingerprint density at radius 3 is 2.93 bits per heavy atom. The molecule has 0 saturated carbocycles. The summed E-state index contributed by atoms with van der Waals surface area (Å²) in [6, 6.07) is 7.70. The van der Waals surface area contributed by atoms with E-state index in [9.17, 15) is 4.79 Å². The lowest BCUT2D eigenvalue weighted by Crippen LogP contribution is -2.04. The van der Waals surface area contributed by atoms with E-state index in [1.54, 1.807) is 13.2 Å². The summed E-state index contributed by atoms with van der Waals surface area (Å²) < 4.78 is 5.12. The molecule has 0 aromatic heterocycles. The van der Waals surface area contributed by atoms with Crippen molar-refractivity contribution < 1.29 is 9.53 Å². The molecule has 0 heterocycles. The predicted octanol–water partition coefficient (Wildman–Crippen LogP) is 2.31. The van der Waals surface area contributed by atoms with Crippen molar-refractivity contribution >= 4 is 5.78 Å². The Balaban J connectivity index is 2.28. The van der Waals surface area contributed by atoms with Gasteiger partial charge < -0.3 is 4.74 Å². The molecule has 0 spiro atoms. The Kier molecular flexibility index (Phi) is 2.35. The Morgan fingerprint density at radius 2 is 2.29 bits per heavy atom. The van der Waals surface area contributed by atoms with Crippen LogP contribution in [0.15, 0.2) is 36.4 Å². The normalized spacial score (nSPS) is 20.1. The molecule has 1 aromatic rings. The third-order valence-corrected chi connectivity index (χ3v) is 2.49. The predicted molar refractivity (Wildman–Crippen MR) is 54.5 cm³/mol. The van der Waals surface area contributed by atoms with Crippen LogP contribution in [0.4, 0.5) is 0 Å². The van der Waals surface area contributed by atoms with E-state index >= 15 is 0 Å². The zero-order chi connectivity index (χ0) is 9.97. The number of ether oxygens (including phenoxy) is 1. The number of methoxy groups -OCH3 is 1. The molecule has 72 valence electrons. The number of carbonyl (C=O) groups excluding carboxylic acids is 1. The molecule has 1 aromatic carbocycles. The largest absolute Gasteiger partial charge is 0.497 e. The molecule has 1 aliphatic rings. The average Bonchev–Trinajstić information content (AvgIpc) is 2.65. The van der Waals surface area contributed by atoms with Crippen LogP contribution in [0, 0.1) is 0 Å². The van der Waals surface area contributed by atoms with Crippen LogP contribution in [0.1, 0.15) is 17.9 Å². The van der Waals surface area contributed by atoms with Gasteiger partial charge >= 0.3 is 0 Å². The third kappa shape index (κ3) is 1.55. The second-order valence-corrected chi connectivity index (χ2v) is 3.37. The Bertz CT molecular complexity index is 380. The van der Waals surface area contributed by atoms with E-state index in [2.05, 4.69) is 0 Å². The van der Waals surface area contributed by atoms with Gasteiger partial charge in [0, 0.05) is 0 Å². The van der Waals surface area contributed by atoms with Crippen molar-refractivity contribution in [3.8, 4) is 5.75 Å². The molecule has 1 atom stereocenters. The maximum Gasteiger partial charge on any atom is 0.163 e. The smallest absolute Gasteiger partial charge is 0.163 e. The molecule has 0 fully saturated rings. The summed E-state index contributed by atoms with van der Waals surface area (Å²) in [4.78, 5) is 11.4. The lowest BCUT2D eigenvalue weighted by Gasteiger charge is -2.09. The molecule has 0 bridgehead atoms. The maximum absolute atomic E-state index is 11.4. The van der Waals surface area contributed by atoms with Crippen LogP contribution in [0.5, 0.6) is 5.75 Å². The van der Waals surface area contributed by atoms with E-state index in [1.807, 2.05) is 30.3 Å². The summed E-state index contributed by atoms with van der Waals surface area (Å²) in [6.45, 7) is 0. The van der Waals surface area contributed by atoms with E-state index in [-0.39, 0.29) is 11.7 Å². The molecule has 0 N–H and O–H groups in total. The number of ketones is 1. The number of allylic oxidation sites excluding steroid dienone is 2. The lowest BCUT2D eigenvalue weighted by atomic mass is 9.96. The van der Waals surface area contributed by atoms with Crippen molar-refractivity contribution in [3.05, 3.63) is 42.0 Å². The molecule has 2 nitrogen and oxygen atoms in total. The van der Waals surface area contributed by atoms with Gasteiger partial charge in [-0.1, -0.05) is 18.2 Å². The SMILES string of the molecule is COc1cccc(C2CC=CC2=O)c1. The highest BCUT2D eigenvalue weighted by Crippen LogP contribution is 2.28. The molecule has 0 radical (unpaired) electrons. The molecular weight excluding hydrogens is 176 g/mol. The number of rotatable bonds is 2. The Labute approximate surface area is 83.2 Å². The van der Waals surface area contributed by atoms with Crippen LogP contribution in [-0.2, 0) is 4.79 Å². The minimum atomic E-state index is 0.00472. The third-order valence-electron chi connectivity index (χ3n) is 2.49. The van der Waals surface area contributed by atoms with Crippen molar-refractivity contribution in [1.82, 2.24) is 0 Å². The van der Waals surface area contributed by atoms with Gasteiger partial charge in [-0.2, -0.15) is 0 Å². The first kappa shape index (κ1) is 9.00. The highest BCUT2D eigenvalue weighted by Gasteiger charge is 2.21. The van der Waals surface area contributed by atoms with Gasteiger partial charge in [0.1, 0.15) is 5.75 Å². The van der Waals surface area contributed by atoms with Crippen LogP contribution in [-0.4, -0.2) is 12.9 Å². The zero-order valence-corrected chi connectivity index (χ0v) is 8.07. The second kappa shape index (κ2) is 3.66. The van der Waals surface area contributed by atoms with Gasteiger partial charge in [-0.3, -0.25) is 4.79 Å². The van der Waals surface area contributed by atoms with Gasteiger partial charge in [0.15, 0.2) is 5.78 Å². The van der Waals surface area contributed by atoms with Gasteiger partial charge in [-0.15, -0.1) is 0 Å². The maximum atomic E-state index is 11.4. The highest BCUT2D eigenvalue weighted by molar-refractivity contribution is 5.97. The highest BCUT2D eigenvalue weighted by atomic mass is 16.5. The fraction of sp³-hybridized carbons (Fsp3) is 0.250. The number of benzene rings is 1. The van der Waals surface area contributed by atoms with Gasteiger partial charge in [-0.05, 0) is 30.2 Å². The number of carbonyl (C=O) groups is 1. The zero-order valence-electron chi connectivity index (χ0n) is 8.07. The minimum Gasteiger partial charge on any atom is -0.497 e. The molecule has 2 heteroatoms. The summed E-state index contributed by atoms with van der Waals surface area (Å²) in [6.07, 6.45) is 4.39. The Morgan fingerprint density at radius 1 is 1.43 bits per heavy atom. The molecule has 0 amide bonds. The van der Waals surface area contributed by atoms with Gasteiger partial charge in [-0.25, -0.2) is 0 Å². The van der Waals surface area contributed by atoms with Crippen molar-refractivity contribution in [1.29, 1.82) is 0 Å². The topological polar surface area (TPSA) is 26.3 Å². The van der Waals surface area contributed by atoms with E-state index in [0.29, 0.717) is 0 Å². The van der Waals surface area contributed by atoms with Crippen molar-refractivity contribution in [2.75, 3.05) is 7.11 Å². The monoisotopic (exact) mass is 188 g/mol. The van der Waals surface area contributed by atoms with Crippen molar-refractivity contribution in [2.45, 2.75) is 12.3 Å². The van der Waals surface area contributed by atoms with E-state index in [0.717, 1.165) is 17.7 Å². The molecule has 0 aliphatic heterocycles. The summed E-state index contributed by atoms with van der Waals surface area (Å²) in [5.41, 5.74) is 1.04. The molecular formula is C12H12O2. The Hall–Kier alpha value is -1.57. The summed E-state index contributed by atoms with van der Waals surface area (Å²) in [5.74, 6) is 1.01. The van der Waals surface area contributed by atoms with Gasteiger partial charge in [0.2, 0.25) is 0 Å². The summed E-state index contributed by atoms with van der Waals surface area (Å²) >= 11 is 0. The molecule has 14 heavy (non-hydrogen) atoms. The summed E-state index contributed by atoms with van der Waals surface area (Å²) in [7, 11) is 1.63. The van der Waals surface area contributed by atoms with Crippen LogP contribution in [0.25, 0.3) is 0 Å². The second-order valence-electron chi connectivity index (χ2n) is 3.37. The molecule has 1 aliphatic carbocycles. The van der Waals surface area contributed by atoms with Crippen LogP contribution in [0.3, 0.4) is 0 Å². The van der Waals surface area contributed by atoms with Gasteiger partial charge in [0.25, 0.3) is 0 Å². The standard InChI is InChI=1S/C12H12O2/c1-14-10-5-2-4-9(8-10)11-6-3-7-12(11)13/h2-5,7-8,11H,6H2,1H3. The molecule has 0 saturated heterocycles.